The van der Waals surface area contributed by atoms with Gasteiger partial charge in [0, 0.05) is 24.8 Å². The molecule has 0 bridgehead atoms. The third-order valence-electron chi connectivity index (χ3n) is 3.72. The second-order valence-corrected chi connectivity index (χ2v) is 5.18. The minimum absolute atomic E-state index is 0.0506. The Morgan fingerprint density at radius 2 is 2.15 bits per heavy atom. The Balaban J connectivity index is 2.03. The van der Waals surface area contributed by atoms with Crippen LogP contribution in [0.15, 0.2) is 18.2 Å². The maximum Gasteiger partial charge on any atom is 0.393 e. The maximum absolute atomic E-state index is 12.8. The first-order valence-corrected chi connectivity index (χ1v) is 6.61. The van der Waals surface area contributed by atoms with Crippen LogP contribution < -0.4 is 10.5 Å². The summed E-state index contributed by atoms with van der Waals surface area (Å²) in [4.78, 5) is 1.82. The SMILES string of the molecule is COc1ccc(CN2CCCC(C(F)(F)F)C2)c(N)c1. The first kappa shape index (κ1) is 15.0. The molecule has 1 aliphatic rings. The van der Waals surface area contributed by atoms with Crippen LogP contribution in [0.2, 0.25) is 0 Å². The highest BCUT2D eigenvalue weighted by Gasteiger charge is 2.41. The van der Waals surface area contributed by atoms with Crippen LogP contribution in [0.25, 0.3) is 0 Å². The van der Waals surface area contributed by atoms with E-state index < -0.39 is 12.1 Å². The van der Waals surface area contributed by atoms with Gasteiger partial charge in [0.1, 0.15) is 5.75 Å². The number of anilines is 1. The molecule has 1 aromatic carbocycles. The van der Waals surface area contributed by atoms with Crippen molar-refractivity contribution in [2.24, 2.45) is 5.92 Å². The van der Waals surface area contributed by atoms with Crippen molar-refractivity contribution < 1.29 is 17.9 Å². The van der Waals surface area contributed by atoms with Gasteiger partial charge < -0.3 is 10.5 Å². The summed E-state index contributed by atoms with van der Waals surface area (Å²) < 4.78 is 43.3. The standard InChI is InChI=1S/C14H19F3N2O/c1-20-12-5-4-10(13(18)7-12)8-19-6-2-3-11(9-19)14(15,16)17/h4-5,7,11H,2-3,6,8-9,18H2,1H3. The molecule has 1 unspecified atom stereocenters. The number of methoxy groups -OCH3 is 1. The Hall–Kier alpha value is -1.43. The van der Waals surface area contributed by atoms with Crippen LogP contribution >= 0.6 is 0 Å². The summed E-state index contributed by atoms with van der Waals surface area (Å²) >= 11 is 0. The molecule has 0 amide bonds. The Kier molecular flexibility index (Phi) is 4.42. The minimum atomic E-state index is -4.11. The number of likely N-dealkylation sites (tertiary alicyclic amines) is 1. The molecule has 1 aromatic rings. The van der Waals surface area contributed by atoms with Gasteiger partial charge in [0.15, 0.2) is 0 Å². The minimum Gasteiger partial charge on any atom is -0.497 e. The number of halogens is 3. The molecule has 0 aliphatic carbocycles. The van der Waals surface area contributed by atoms with Gasteiger partial charge in [-0.15, -0.1) is 0 Å². The molecule has 1 heterocycles. The van der Waals surface area contributed by atoms with Gasteiger partial charge in [0.25, 0.3) is 0 Å². The highest BCUT2D eigenvalue weighted by molar-refractivity contribution is 5.51. The summed E-state index contributed by atoms with van der Waals surface area (Å²) in [6, 6.07) is 5.28. The number of hydrogen-bond acceptors (Lipinski definition) is 3. The highest BCUT2D eigenvalue weighted by Crippen LogP contribution is 2.34. The molecule has 3 nitrogen and oxygen atoms in total. The zero-order valence-corrected chi connectivity index (χ0v) is 11.4. The molecular weight excluding hydrogens is 269 g/mol. The van der Waals surface area contributed by atoms with Gasteiger partial charge >= 0.3 is 6.18 Å². The molecule has 20 heavy (non-hydrogen) atoms. The summed E-state index contributed by atoms with van der Waals surface area (Å²) in [5.74, 6) is -0.575. The average Bonchev–Trinajstić information content (AvgIpc) is 2.40. The van der Waals surface area contributed by atoms with Crippen LogP contribution in [0, 0.1) is 5.92 Å². The highest BCUT2D eigenvalue weighted by atomic mass is 19.4. The van der Waals surface area contributed by atoms with E-state index in [1.807, 2.05) is 11.0 Å². The van der Waals surface area contributed by atoms with Gasteiger partial charge in [-0.05, 0) is 31.0 Å². The summed E-state index contributed by atoms with van der Waals surface area (Å²) in [5, 5.41) is 0. The summed E-state index contributed by atoms with van der Waals surface area (Å²) in [7, 11) is 1.55. The largest absolute Gasteiger partial charge is 0.497 e. The van der Waals surface area contributed by atoms with E-state index in [0.29, 0.717) is 30.9 Å². The van der Waals surface area contributed by atoms with Crippen molar-refractivity contribution in [2.75, 3.05) is 25.9 Å². The first-order chi connectivity index (χ1) is 9.40. The fraction of sp³-hybridized carbons (Fsp3) is 0.571. The number of piperidine rings is 1. The summed E-state index contributed by atoms with van der Waals surface area (Å²) in [5.41, 5.74) is 7.30. The summed E-state index contributed by atoms with van der Waals surface area (Å²) in [6.45, 7) is 1.18. The number of alkyl halides is 3. The van der Waals surface area contributed by atoms with Gasteiger partial charge in [-0.25, -0.2) is 0 Å². The number of ether oxygens (including phenoxy) is 1. The number of hydrogen-bond donors (Lipinski definition) is 1. The topological polar surface area (TPSA) is 38.5 Å². The number of nitrogens with two attached hydrogens (primary N) is 1. The molecule has 2 rings (SSSR count). The predicted octanol–water partition coefficient (Wildman–Crippen LogP) is 3.05. The van der Waals surface area contributed by atoms with E-state index >= 15 is 0 Å². The quantitative estimate of drug-likeness (QED) is 0.869. The van der Waals surface area contributed by atoms with Crippen molar-refractivity contribution >= 4 is 5.69 Å². The Morgan fingerprint density at radius 1 is 1.40 bits per heavy atom. The first-order valence-electron chi connectivity index (χ1n) is 6.61. The lowest BCUT2D eigenvalue weighted by Crippen LogP contribution is -2.41. The molecule has 0 radical (unpaired) electrons. The van der Waals surface area contributed by atoms with Crippen molar-refractivity contribution in [3.63, 3.8) is 0 Å². The van der Waals surface area contributed by atoms with Crippen LogP contribution in [-0.2, 0) is 6.54 Å². The third-order valence-corrected chi connectivity index (χ3v) is 3.72. The molecule has 1 atom stereocenters. The predicted molar refractivity (Wildman–Crippen MR) is 71.5 cm³/mol. The van der Waals surface area contributed by atoms with E-state index in [9.17, 15) is 13.2 Å². The molecule has 0 aromatic heterocycles. The van der Waals surface area contributed by atoms with Crippen LogP contribution in [0.3, 0.4) is 0 Å². The Bertz CT molecular complexity index is 462. The molecule has 6 heteroatoms. The smallest absolute Gasteiger partial charge is 0.393 e. The van der Waals surface area contributed by atoms with E-state index in [4.69, 9.17) is 10.5 Å². The monoisotopic (exact) mass is 288 g/mol. The number of benzene rings is 1. The number of nitrogens with zero attached hydrogens (tertiary/aromatic N) is 1. The van der Waals surface area contributed by atoms with Crippen molar-refractivity contribution in [3.05, 3.63) is 23.8 Å². The van der Waals surface area contributed by atoms with Crippen LogP contribution in [0.1, 0.15) is 18.4 Å². The van der Waals surface area contributed by atoms with E-state index in [-0.39, 0.29) is 13.0 Å². The number of nitrogen functional groups attached to an aromatic ring is 1. The second kappa shape index (κ2) is 5.91. The van der Waals surface area contributed by atoms with Crippen molar-refractivity contribution in [1.82, 2.24) is 4.90 Å². The average molecular weight is 288 g/mol. The lowest BCUT2D eigenvalue weighted by atomic mass is 9.97. The molecule has 2 N–H and O–H groups in total. The van der Waals surface area contributed by atoms with Crippen molar-refractivity contribution in [2.45, 2.75) is 25.6 Å². The van der Waals surface area contributed by atoms with Crippen LogP contribution in [0.5, 0.6) is 5.75 Å². The van der Waals surface area contributed by atoms with Crippen LogP contribution in [0.4, 0.5) is 18.9 Å². The van der Waals surface area contributed by atoms with Gasteiger partial charge in [-0.1, -0.05) is 6.07 Å². The molecule has 1 fully saturated rings. The Morgan fingerprint density at radius 3 is 2.75 bits per heavy atom. The fourth-order valence-corrected chi connectivity index (χ4v) is 2.55. The lowest BCUT2D eigenvalue weighted by molar-refractivity contribution is -0.187. The van der Waals surface area contributed by atoms with Gasteiger partial charge in [-0.3, -0.25) is 4.90 Å². The molecule has 1 aliphatic heterocycles. The van der Waals surface area contributed by atoms with Gasteiger partial charge in [-0.2, -0.15) is 13.2 Å². The lowest BCUT2D eigenvalue weighted by Gasteiger charge is -2.33. The molecular formula is C14H19F3N2O. The zero-order chi connectivity index (χ0) is 14.8. The normalized spacial score (nSPS) is 20.9. The van der Waals surface area contributed by atoms with E-state index in [1.54, 1.807) is 19.2 Å². The molecule has 112 valence electrons. The fourth-order valence-electron chi connectivity index (χ4n) is 2.55. The number of rotatable bonds is 3. The summed E-state index contributed by atoms with van der Waals surface area (Å²) in [6.07, 6.45) is -3.32. The van der Waals surface area contributed by atoms with Gasteiger partial charge in [0.2, 0.25) is 0 Å². The van der Waals surface area contributed by atoms with Crippen LogP contribution in [-0.4, -0.2) is 31.3 Å². The zero-order valence-electron chi connectivity index (χ0n) is 11.4. The van der Waals surface area contributed by atoms with Crippen molar-refractivity contribution in [3.8, 4) is 5.75 Å². The van der Waals surface area contributed by atoms with E-state index in [1.165, 1.54) is 0 Å². The van der Waals surface area contributed by atoms with Crippen molar-refractivity contribution in [1.29, 1.82) is 0 Å². The molecule has 1 saturated heterocycles. The molecule has 0 saturated carbocycles. The maximum atomic E-state index is 12.8. The van der Waals surface area contributed by atoms with E-state index in [2.05, 4.69) is 0 Å². The third kappa shape index (κ3) is 3.56. The Labute approximate surface area is 116 Å². The second-order valence-electron chi connectivity index (χ2n) is 5.18. The molecule has 0 spiro atoms. The van der Waals surface area contributed by atoms with E-state index in [0.717, 1.165) is 5.56 Å². The van der Waals surface area contributed by atoms with Gasteiger partial charge in [0.05, 0.1) is 13.0 Å².